The first kappa shape index (κ1) is 13.8. The van der Waals surface area contributed by atoms with Gasteiger partial charge in [0, 0.05) is 6.42 Å². The van der Waals surface area contributed by atoms with Crippen molar-refractivity contribution in [3.05, 3.63) is 35.9 Å². The number of carbonyl (C=O) groups is 1. The summed E-state index contributed by atoms with van der Waals surface area (Å²) >= 11 is 5.17. The minimum absolute atomic E-state index is 0.299. The van der Waals surface area contributed by atoms with E-state index in [2.05, 4.69) is 0 Å². The molecular weight excluding hydrogens is 255 g/mol. The summed E-state index contributed by atoms with van der Waals surface area (Å²) in [6, 6.07) is 6.25. The van der Waals surface area contributed by atoms with Crippen LogP contribution in [0.15, 0.2) is 30.3 Å². The topological polar surface area (TPSA) is 29.1 Å². The maximum atomic E-state index is 12.6. The molecule has 0 saturated carbocycles. The van der Waals surface area contributed by atoms with E-state index in [1.54, 1.807) is 30.3 Å². The van der Waals surface area contributed by atoms with Crippen LogP contribution in [0.4, 0.5) is 13.2 Å². The molecule has 0 aliphatic carbocycles. The molecule has 0 radical (unpaired) electrons. The SMILES string of the molecule is O=C(CCl)NC(Cc1ccccc1)C(F)(F)F. The zero-order valence-electron chi connectivity index (χ0n) is 8.80. The van der Waals surface area contributed by atoms with Gasteiger partial charge in [0.25, 0.3) is 0 Å². The number of hydrogen-bond acceptors (Lipinski definition) is 1. The van der Waals surface area contributed by atoms with E-state index < -0.39 is 24.0 Å². The normalized spacial score (nSPS) is 13.2. The van der Waals surface area contributed by atoms with Crippen LogP contribution in [0.25, 0.3) is 0 Å². The molecule has 94 valence electrons. The van der Waals surface area contributed by atoms with Gasteiger partial charge in [-0.1, -0.05) is 30.3 Å². The van der Waals surface area contributed by atoms with Crippen molar-refractivity contribution in [2.45, 2.75) is 18.6 Å². The molecule has 0 aromatic heterocycles. The van der Waals surface area contributed by atoms with Crippen molar-refractivity contribution in [1.82, 2.24) is 5.32 Å². The van der Waals surface area contributed by atoms with Gasteiger partial charge in [-0.2, -0.15) is 13.2 Å². The number of hydrogen-bond donors (Lipinski definition) is 1. The molecule has 0 spiro atoms. The van der Waals surface area contributed by atoms with E-state index in [1.165, 1.54) is 0 Å². The third-order valence-corrected chi connectivity index (χ3v) is 2.38. The highest BCUT2D eigenvalue weighted by molar-refractivity contribution is 6.27. The molecule has 1 atom stereocenters. The molecule has 1 aromatic rings. The summed E-state index contributed by atoms with van der Waals surface area (Å²) in [7, 11) is 0. The Morgan fingerprint density at radius 3 is 2.35 bits per heavy atom. The van der Waals surface area contributed by atoms with Gasteiger partial charge in [0.2, 0.25) is 5.91 Å². The lowest BCUT2D eigenvalue weighted by Gasteiger charge is -2.21. The number of rotatable bonds is 4. The molecule has 1 unspecified atom stereocenters. The van der Waals surface area contributed by atoms with E-state index in [0.717, 1.165) is 0 Å². The second kappa shape index (κ2) is 5.91. The first-order valence-corrected chi connectivity index (χ1v) is 5.43. The summed E-state index contributed by atoms with van der Waals surface area (Å²) in [6.45, 7) is 0. The molecule has 0 aliphatic rings. The Morgan fingerprint density at radius 2 is 1.88 bits per heavy atom. The molecule has 1 aromatic carbocycles. The smallest absolute Gasteiger partial charge is 0.343 e. The third kappa shape index (κ3) is 4.65. The second-order valence-corrected chi connectivity index (χ2v) is 3.75. The average molecular weight is 266 g/mol. The third-order valence-electron chi connectivity index (χ3n) is 2.13. The van der Waals surface area contributed by atoms with Crippen molar-refractivity contribution in [3.63, 3.8) is 0 Å². The fraction of sp³-hybridized carbons (Fsp3) is 0.364. The highest BCUT2D eigenvalue weighted by Crippen LogP contribution is 2.23. The van der Waals surface area contributed by atoms with E-state index in [0.29, 0.717) is 5.56 Å². The largest absolute Gasteiger partial charge is 0.408 e. The average Bonchev–Trinajstić information content (AvgIpc) is 2.28. The number of nitrogens with one attached hydrogen (secondary N) is 1. The Bertz CT molecular complexity index is 367. The first-order chi connectivity index (χ1) is 7.93. The molecular formula is C11H11ClF3NO. The van der Waals surface area contributed by atoms with Gasteiger partial charge >= 0.3 is 6.18 Å². The van der Waals surface area contributed by atoms with E-state index >= 15 is 0 Å². The molecule has 1 N–H and O–H groups in total. The lowest BCUT2D eigenvalue weighted by molar-refractivity contribution is -0.160. The van der Waals surface area contributed by atoms with Gasteiger partial charge in [-0.3, -0.25) is 4.79 Å². The van der Waals surface area contributed by atoms with Crippen LogP contribution < -0.4 is 5.32 Å². The molecule has 1 rings (SSSR count). The van der Waals surface area contributed by atoms with Gasteiger partial charge in [-0.15, -0.1) is 11.6 Å². The van der Waals surface area contributed by atoms with Crippen LogP contribution in [0.2, 0.25) is 0 Å². The van der Waals surface area contributed by atoms with Crippen LogP contribution in [0.5, 0.6) is 0 Å². The maximum absolute atomic E-state index is 12.6. The monoisotopic (exact) mass is 265 g/mol. The lowest BCUT2D eigenvalue weighted by atomic mass is 10.1. The molecule has 0 aliphatic heterocycles. The first-order valence-electron chi connectivity index (χ1n) is 4.89. The molecule has 1 amide bonds. The summed E-state index contributed by atoms with van der Waals surface area (Å²) in [5.74, 6) is -1.31. The molecule has 2 nitrogen and oxygen atoms in total. The van der Waals surface area contributed by atoms with Gasteiger partial charge in [0.05, 0.1) is 0 Å². The number of alkyl halides is 4. The molecule has 6 heteroatoms. The van der Waals surface area contributed by atoms with Gasteiger partial charge in [-0.25, -0.2) is 0 Å². The van der Waals surface area contributed by atoms with E-state index in [-0.39, 0.29) is 6.42 Å². The van der Waals surface area contributed by atoms with Crippen LogP contribution in [-0.2, 0) is 11.2 Å². The molecule has 0 bridgehead atoms. The summed E-state index contributed by atoms with van der Waals surface area (Å²) in [4.78, 5) is 10.9. The van der Waals surface area contributed by atoms with Crippen molar-refractivity contribution >= 4 is 17.5 Å². The lowest BCUT2D eigenvalue weighted by Crippen LogP contribution is -2.47. The number of halogens is 4. The van der Waals surface area contributed by atoms with Crippen molar-refractivity contribution in [2.24, 2.45) is 0 Å². The minimum atomic E-state index is -4.49. The Hall–Kier alpha value is -1.23. The van der Waals surface area contributed by atoms with Crippen LogP contribution in [0.1, 0.15) is 5.56 Å². The fourth-order valence-electron chi connectivity index (χ4n) is 1.33. The summed E-state index contributed by atoms with van der Waals surface area (Å²) < 4.78 is 37.9. The summed E-state index contributed by atoms with van der Waals surface area (Å²) in [6.07, 6.45) is -4.79. The molecule has 0 heterocycles. The van der Waals surface area contributed by atoms with E-state index in [1.807, 2.05) is 5.32 Å². The van der Waals surface area contributed by atoms with Gasteiger partial charge < -0.3 is 5.32 Å². The predicted octanol–water partition coefficient (Wildman–Crippen LogP) is 2.52. The van der Waals surface area contributed by atoms with E-state index in [4.69, 9.17) is 11.6 Å². The minimum Gasteiger partial charge on any atom is -0.343 e. The van der Waals surface area contributed by atoms with Gasteiger partial charge in [0.15, 0.2) is 0 Å². The molecule has 0 fully saturated rings. The Kier molecular flexibility index (Phi) is 4.81. The number of amides is 1. The highest BCUT2D eigenvalue weighted by atomic mass is 35.5. The zero-order chi connectivity index (χ0) is 12.9. The van der Waals surface area contributed by atoms with Crippen molar-refractivity contribution in [2.75, 3.05) is 5.88 Å². The van der Waals surface area contributed by atoms with Gasteiger partial charge in [-0.05, 0) is 5.56 Å². The quantitative estimate of drug-likeness (QED) is 0.833. The van der Waals surface area contributed by atoms with Crippen LogP contribution >= 0.6 is 11.6 Å². The number of benzene rings is 1. The predicted molar refractivity (Wildman–Crippen MR) is 58.9 cm³/mol. The highest BCUT2D eigenvalue weighted by Gasteiger charge is 2.40. The fourth-order valence-corrected chi connectivity index (χ4v) is 1.41. The summed E-state index contributed by atoms with van der Waals surface area (Å²) in [5, 5.41) is 1.86. The van der Waals surface area contributed by atoms with E-state index in [9.17, 15) is 18.0 Å². The van der Waals surface area contributed by atoms with Crippen LogP contribution in [0.3, 0.4) is 0 Å². The standard InChI is InChI=1S/C11H11ClF3NO/c12-7-10(17)16-9(11(13,14)15)6-8-4-2-1-3-5-8/h1-5,9H,6-7H2,(H,16,17). The van der Waals surface area contributed by atoms with Gasteiger partial charge in [0.1, 0.15) is 11.9 Å². The number of carbonyl (C=O) groups excluding carboxylic acids is 1. The molecule has 17 heavy (non-hydrogen) atoms. The zero-order valence-corrected chi connectivity index (χ0v) is 9.55. The second-order valence-electron chi connectivity index (χ2n) is 3.49. The van der Waals surface area contributed by atoms with Crippen LogP contribution in [-0.4, -0.2) is 24.0 Å². The van der Waals surface area contributed by atoms with Crippen LogP contribution in [0, 0.1) is 0 Å². The van der Waals surface area contributed by atoms with Crippen molar-refractivity contribution in [1.29, 1.82) is 0 Å². The Morgan fingerprint density at radius 1 is 1.29 bits per heavy atom. The Balaban J connectivity index is 2.75. The molecule has 0 saturated heterocycles. The Labute approximate surface area is 102 Å². The maximum Gasteiger partial charge on any atom is 0.408 e. The summed E-state index contributed by atoms with van der Waals surface area (Å²) in [5.41, 5.74) is 0.504. The van der Waals surface area contributed by atoms with Crippen molar-refractivity contribution < 1.29 is 18.0 Å². The van der Waals surface area contributed by atoms with Crippen molar-refractivity contribution in [3.8, 4) is 0 Å².